The molecule has 1 atom stereocenters. The maximum Gasteiger partial charge on any atom is 0.286 e. The molecule has 0 bridgehead atoms. The van der Waals surface area contributed by atoms with Gasteiger partial charge in [0.1, 0.15) is 21.9 Å². The minimum absolute atomic E-state index is 0.0275. The highest BCUT2D eigenvalue weighted by Gasteiger charge is 2.34. The fraction of sp³-hybridized carbons (Fsp3) is 0.346. The smallest absolute Gasteiger partial charge is 0.286 e. The lowest BCUT2D eigenvalue weighted by atomic mass is 10.1. The molecule has 13 nitrogen and oxygen atoms in total. The van der Waals surface area contributed by atoms with E-state index >= 15 is 0 Å². The van der Waals surface area contributed by atoms with E-state index in [-0.39, 0.29) is 44.6 Å². The van der Waals surface area contributed by atoms with Crippen LogP contribution >= 0.6 is 0 Å². The van der Waals surface area contributed by atoms with E-state index in [0.29, 0.717) is 32.3 Å². The minimum atomic E-state index is -4.43. The molecule has 4 N–H and O–H groups in total. The predicted octanol–water partition coefficient (Wildman–Crippen LogP) is 2.55. The molecule has 15 heteroatoms. The third-order valence-corrected chi connectivity index (χ3v) is 9.89. The summed E-state index contributed by atoms with van der Waals surface area (Å²) in [6, 6.07) is 7.00. The molecule has 41 heavy (non-hydrogen) atoms. The van der Waals surface area contributed by atoms with Crippen molar-refractivity contribution >= 4 is 48.3 Å². The van der Waals surface area contributed by atoms with Gasteiger partial charge in [-0.3, -0.25) is 19.0 Å². The van der Waals surface area contributed by atoms with Crippen molar-refractivity contribution in [3.63, 3.8) is 0 Å². The molecule has 5 rings (SSSR count). The van der Waals surface area contributed by atoms with Gasteiger partial charge in [-0.25, -0.2) is 13.4 Å². The molecule has 1 saturated heterocycles. The Morgan fingerprint density at radius 2 is 1.98 bits per heavy atom. The van der Waals surface area contributed by atoms with Gasteiger partial charge in [0, 0.05) is 25.8 Å². The Morgan fingerprint density at radius 3 is 2.63 bits per heavy atom. The number of aliphatic hydroxyl groups excluding tert-OH is 1. The summed E-state index contributed by atoms with van der Waals surface area (Å²) in [6.07, 6.45) is 4.76. The Labute approximate surface area is 237 Å². The fourth-order valence-corrected chi connectivity index (χ4v) is 7.32. The average molecular weight is 603 g/mol. The Bertz CT molecular complexity index is 1850. The topological polar surface area (TPSA) is 183 Å². The van der Waals surface area contributed by atoms with Crippen LogP contribution in [0, 0.1) is 5.92 Å². The number of aromatic hydroxyl groups is 1. The highest BCUT2D eigenvalue weighted by molar-refractivity contribution is 7.93. The molecule has 2 aromatic heterocycles. The van der Waals surface area contributed by atoms with Gasteiger partial charge in [-0.05, 0) is 55.2 Å². The van der Waals surface area contributed by atoms with Crippen LogP contribution in [0.15, 0.2) is 63.0 Å². The Balaban J connectivity index is 1.54. The first-order valence-electron chi connectivity index (χ1n) is 13.0. The van der Waals surface area contributed by atoms with E-state index in [1.807, 2.05) is 13.8 Å². The number of hydrogen-bond donors (Lipinski definition) is 4. The quantitative estimate of drug-likeness (QED) is 0.266. The number of hydrogen-bond acceptors (Lipinski definition) is 10. The van der Waals surface area contributed by atoms with Crippen molar-refractivity contribution in [3.8, 4) is 5.75 Å². The molecule has 0 radical (unpaired) electrons. The molecular weight excluding hydrogens is 572 g/mol. The first-order valence-corrected chi connectivity index (χ1v) is 15.9. The van der Waals surface area contributed by atoms with Gasteiger partial charge in [-0.15, -0.1) is 4.40 Å². The van der Waals surface area contributed by atoms with Crippen LogP contribution in [-0.2, 0) is 26.6 Å². The average Bonchev–Trinajstić information content (AvgIpc) is 2.87. The molecule has 0 saturated carbocycles. The number of likely N-dealkylation sites (tertiary alicyclic amines) is 1. The van der Waals surface area contributed by atoms with E-state index < -0.39 is 36.7 Å². The number of nitrogens with zero attached hydrogens (tertiary/aromatic N) is 4. The summed E-state index contributed by atoms with van der Waals surface area (Å²) in [6.45, 7) is 5.36. The van der Waals surface area contributed by atoms with Gasteiger partial charge < -0.3 is 15.5 Å². The normalized spacial score (nSPS) is 17.6. The molecule has 2 aliphatic heterocycles. The van der Waals surface area contributed by atoms with Crippen LogP contribution in [0.5, 0.6) is 5.75 Å². The van der Waals surface area contributed by atoms with Gasteiger partial charge in [0.2, 0.25) is 0 Å². The summed E-state index contributed by atoms with van der Waals surface area (Å²) in [4.78, 5) is 19.2. The number of aliphatic hydroxyl groups is 1. The maximum absolute atomic E-state index is 13.6. The first kappa shape index (κ1) is 28.6. The van der Waals surface area contributed by atoms with Crippen LogP contribution in [-0.4, -0.2) is 65.8 Å². The number of sulfonamides is 2. The first-order chi connectivity index (χ1) is 19.4. The summed E-state index contributed by atoms with van der Waals surface area (Å²) < 4.78 is 60.2. The largest absolute Gasteiger partial charge is 0.516 e. The second kappa shape index (κ2) is 10.8. The van der Waals surface area contributed by atoms with Crippen molar-refractivity contribution < 1.29 is 27.0 Å². The van der Waals surface area contributed by atoms with E-state index in [2.05, 4.69) is 19.4 Å². The van der Waals surface area contributed by atoms with Crippen LogP contribution in [0.25, 0.3) is 11.0 Å². The molecule has 0 spiro atoms. The van der Waals surface area contributed by atoms with Gasteiger partial charge in [0.05, 0.1) is 23.0 Å². The number of pyridine rings is 2. The van der Waals surface area contributed by atoms with E-state index in [1.165, 1.54) is 22.9 Å². The van der Waals surface area contributed by atoms with Crippen molar-refractivity contribution in [2.75, 3.05) is 23.1 Å². The number of nitrogens with one attached hydrogen (secondary N) is 2. The number of aromatic nitrogens is 2. The molecule has 1 aromatic carbocycles. The molecule has 4 heterocycles. The van der Waals surface area contributed by atoms with Crippen molar-refractivity contribution in [3.05, 3.63) is 64.8 Å². The van der Waals surface area contributed by atoms with Crippen molar-refractivity contribution in [1.29, 1.82) is 0 Å². The SMILES string of the molecule is CC(C)CCn1c(=O)c(C2=NS(=O)(=O)c3cc(NS(=O)(=O)C(C=CO)N4CCC4)ccc3N2)c(O)c2cccnc21. The number of rotatable bonds is 9. The molecule has 218 valence electrons. The highest BCUT2D eigenvalue weighted by Crippen LogP contribution is 2.34. The summed E-state index contributed by atoms with van der Waals surface area (Å²) in [5.41, 5.74) is -0.686. The van der Waals surface area contributed by atoms with Crippen molar-refractivity contribution in [1.82, 2.24) is 14.5 Å². The lowest BCUT2D eigenvalue weighted by Crippen LogP contribution is -2.49. The fourth-order valence-electron chi connectivity index (χ4n) is 4.72. The zero-order valence-corrected chi connectivity index (χ0v) is 24.0. The third-order valence-electron chi connectivity index (χ3n) is 6.96. The number of fused-ring (bicyclic) bond motifs is 2. The van der Waals surface area contributed by atoms with Gasteiger partial charge in [-0.1, -0.05) is 13.8 Å². The lowest BCUT2D eigenvalue weighted by molar-refractivity contribution is 0.180. The van der Waals surface area contributed by atoms with Crippen LogP contribution in [0.2, 0.25) is 0 Å². The highest BCUT2D eigenvalue weighted by atomic mass is 32.2. The lowest BCUT2D eigenvalue weighted by Gasteiger charge is -2.36. The van der Waals surface area contributed by atoms with Crippen LogP contribution in [0.1, 0.15) is 32.3 Å². The molecule has 1 unspecified atom stereocenters. The van der Waals surface area contributed by atoms with Gasteiger partial charge >= 0.3 is 0 Å². The zero-order valence-electron chi connectivity index (χ0n) is 22.4. The zero-order chi connectivity index (χ0) is 29.5. The second-order valence-electron chi connectivity index (χ2n) is 10.3. The van der Waals surface area contributed by atoms with E-state index in [0.717, 1.165) is 18.6 Å². The number of benzene rings is 1. The Kier molecular flexibility index (Phi) is 7.52. The second-order valence-corrected chi connectivity index (χ2v) is 13.6. The van der Waals surface area contributed by atoms with Gasteiger partial charge in [0.25, 0.3) is 25.6 Å². The van der Waals surface area contributed by atoms with Crippen LogP contribution in [0.4, 0.5) is 11.4 Å². The number of anilines is 2. The molecule has 0 aliphatic carbocycles. The van der Waals surface area contributed by atoms with E-state index in [1.54, 1.807) is 17.0 Å². The molecule has 1 fully saturated rings. The van der Waals surface area contributed by atoms with Crippen molar-refractivity contribution in [2.45, 2.75) is 43.5 Å². The minimum Gasteiger partial charge on any atom is -0.516 e. The summed E-state index contributed by atoms with van der Waals surface area (Å²) >= 11 is 0. The van der Waals surface area contributed by atoms with Crippen LogP contribution < -0.4 is 15.6 Å². The van der Waals surface area contributed by atoms with E-state index in [4.69, 9.17) is 0 Å². The molecule has 3 aromatic rings. The molecule has 0 amide bonds. The number of aryl methyl sites for hydroxylation is 1. The molecular formula is C26H30N6O7S2. The maximum atomic E-state index is 13.6. The number of amidine groups is 1. The predicted molar refractivity (Wildman–Crippen MR) is 155 cm³/mol. The monoisotopic (exact) mass is 602 g/mol. The van der Waals surface area contributed by atoms with Crippen LogP contribution in [0.3, 0.4) is 0 Å². The Hall–Kier alpha value is -3.95. The summed E-state index contributed by atoms with van der Waals surface area (Å²) in [7, 11) is -8.50. The summed E-state index contributed by atoms with van der Waals surface area (Å²) in [5.74, 6) is -0.548. The molecule has 2 aliphatic rings. The standard InChI is InChI=1S/C26H30N6O7S2/c1-16(2)8-13-32-25-18(5-3-10-27-25)23(34)22(26(32)35)24-28-19-7-6-17(15-20(19)40(36,37)30-24)29-41(38,39)21(9-14-33)31-11-4-12-31/h3,5-7,9-10,14-16,21,29,33-34H,4,8,11-13H2,1-2H3,(H,28,30). The summed E-state index contributed by atoms with van der Waals surface area (Å²) in [5, 5.41) is 22.2. The van der Waals surface area contributed by atoms with E-state index in [9.17, 15) is 31.8 Å². The van der Waals surface area contributed by atoms with Gasteiger partial charge in [0.15, 0.2) is 11.2 Å². The van der Waals surface area contributed by atoms with Crippen molar-refractivity contribution in [2.24, 2.45) is 10.3 Å². The third kappa shape index (κ3) is 5.39. The Morgan fingerprint density at radius 1 is 1.22 bits per heavy atom. The van der Waals surface area contributed by atoms with Gasteiger partial charge in [-0.2, -0.15) is 8.42 Å².